The van der Waals surface area contributed by atoms with Gasteiger partial charge in [-0.15, -0.1) is 0 Å². The SMILES string of the molecule is Cc1ccc(N2c3ccc(cc3)/C=C(/c3ccc(OC(=O)Oc4ccc(C(C)(C)c5ccc(OC(=O)C(C)(C)C)c(C)c5)cc4C)cc3)c3ccc(cc3)OC(C)(C)CCc3ccc2cc3)cc1. The van der Waals surface area contributed by atoms with Crippen LogP contribution in [0, 0.1) is 26.2 Å². The second kappa shape index (κ2) is 19.1. The Morgan fingerprint density at radius 1 is 0.574 bits per heavy atom. The smallest absolute Gasteiger partial charge is 0.488 e. The predicted molar refractivity (Wildman–Crippen MR) is 275 cm³/mol. The van der Waals surface area contributed by atoms with Crippen LogP contribution in [0.25, 0.3) is 11.6 Å². The number of anilines is 3. The minimum absolute atomic E-state index is 0.277. The summed E-state index contributed by atoms with van der Waals surface area (Å²) >= 11 is 0. The quantitative estimate of drug-likeness (QED) is 0.0896. The zero-order valence-corrected chi connectivity index (χ0v) is 40.9. The average molecular weight is 904 g/mol. The van der Waals surface area contributed by atoms with Gasteiger partial charge in [0.25, 0.3) is 0 Å². The van der Waals surface area contributed by atoms with Crippen LogP contribution in [0.1, 0.15) is 105 Å². The molecular weight excluding hydrogens is 843 g/mol. The van der Waals surface area contributed by atoms with E-state index >= 15 is 0 Å². The number of carbonyl (C=O) groups is 2. The van der Waals surface area contributed by atoms with Gasteiger partial charge < -0.3 is 23.8 Å². The summed E-state index contributed by atoms with van der Waals surface area (Å²) in [4.78, 5) is 28.1. The summed E-state index contributed by atoms with van der Waals surface area (Å²) in [6.07, 6.45) is 3.09. The highest BCUT2D eigenvalue weighted by Crippen LogP contribution is 2.39. The molecule has 7 aromatic rings. The Bertz CT molecular complexity index is 2960. The Morgan fingerprint density at radius 3 is 1.60 bits per heavy atom. The highest BCUT2D eigenvalue weighted by Gasteiger charge is 2.28. The van der Waals surface area contributed by atoms with Gasteiger partial charge in [0, 0.05) is 22.5 Å². The van der Waals surface area contributed by atoms with Crippen LogP contribution < -0.4 is 23.8 Å². The van der Waals surface area contributed by atoms with E-state index in [1.807, 2.05) is 83.1 Å². The molecule has 12 rings (SSSR count). The van der Waals surface area contributed by atoms with E-state index in [0.717, 1.165) is 80.2 Å². The minimum Gasteiger partial charge on any atom is -0.488 e. The molecule has 5 aliphatic rings. The highest BCUT2D eigenvalue weighted by atomic mass is 16.7. The molecule has 0 aromatic heterocycles. The normalized spacial score (nSPS) is 14.5. The lowest BCUT2D eigenvalue weighted by Gasteiger charge is -2.28. The molecule has 0 N–H and O–H groups in total. The molecule has 0 atom stereocenters. The summed E-state index contributed by atoms with van der Waals surface area (Å²) in [5.74, 6) is 1.85. The zero-order valence-electron chi connectivity index (χ0n) is 40.9. The molecule has 5 heterocycles. The Morgan fingerprint density at radius 2 is 1.07 bits per heavy atom. The van der Waals surface area contributed by atoms with Crippen molar-refractivity contribution in [2.24, 2.45) is 5.41 Å². The van der Waals surface area contributed by atoms with Crippen molar-refractivity contribution in [1.82, 2.24) is 0 Å². The van der Waals surface area contributed by atoms with E-state index in [0.29, 0.717) is 17.2 Å². The molecule has 0 unspecified atom stereocenters. The number of hydrogen-bond acceptors (Lipinski definition) is 7. The molecule has 346 valence electrons. The summed E-state index contributed by atoms with van der Waals surface area (Å²) in [6, 6.07) is 53.5. The molecule has 68 heavy (non-hydrogen) atoms. The van der Waals surface area contributed by atoms with Crippen molar-refractivity contribution in [2.75, 3.05) is 4.90 Å². The van der Waals surface area contributed by atoms with Crippen molar-refractivity contribution < 1.29 is 28.5 Å². The van der Waals surface area contributed by atoms with E-state index < -0.39 is 17.0 Å². The number of hydrogen-bond donors (Lipinski definition) is 0. The monoisotopic (exact) mass is 903 g/mol. The fourth-order valence-electron chi connectivity index (χ4n) is 8.32. The van der Waals surface area contributed by atoms with Gasteiger partial charge in [0.05, 0.1) is 5.41 Å². The minimum atomic E-state index is -0.829. The van der Waals surface area contributed by atoms with E-state index in [9.17, 15) is 9.59 Å². The standard InChI is InChI=1S/C61H61NO6/c1-40-11-23-49(24-12-40)62-50-25-13-43(14-26-50)35-36-60(7,8)68-53-31-19-46(20-32-53)54(39-44-15-27-51(62)28-16-44)45-17-29-52(30-18-45)65-58(64)67-56-34-22-48(38-42(56)3)61(9,10)47-21-33-55(41(2)37-47)66-57(63)59(4,5)6/h11-34,37-39H,35-36H2,1-10H3/b54-39-. The van der Waals surface area contributed by atoms with Gasteiger partial charge in [-0.3, -0.25) is 4.79 Å². The number of fused-ring (bicyclic) bond motifs is 1. The van der Waals surface area contributed by atoms with Crippen LogP contribution in [-0.2, 0) is 16.6 Å². The largest absolute Gasteiger partial charge is 0.519 e. The maximum absolute atomic E-state index is 13.2. The summed E-state index contributed by atoms with van der Waals surface area (Å²) < 4.78 is 23.8. The van der Waals surface area contributed by atoms with E-state index in [4.69, 9.17) is 18.9 Å². The topological polar surface area (TPSA) is 74.3 Å². The van der Waals surface area contributed by atoms with E-state index in [-0.39, 0.29) is 11.6 Å². The van der Waals surface area contributed by atoms with Gasteiger partial charge >= 0.3 is 12.1 Å². The van der Waals surface area contributed by atoms with Crippen LogP contribution in [0.5, 0.6) is 23.0 Å². The number of ether oxygens (including phenoxy) is 4. The first-order chi connectivity index (χ1) is 32.3. The Balaban J connectivity index is 1.02. The number of nitrogens with zero attached hydrogens (tertiary/aromatic N) is 1. The van der Waals surface area contributed by atoms with E-state index in [2.05, 4.69) is 137 Å². The lowest BCUT2D eigenvalue weighted by atomic mass is 9.77. The highest BCUT2D eigenvalue weighted by molar-refractivity contribution is 5.92. The van der Waals surface area contributed by atoms with Gasteiger partial charge in [0.15, 0.2) is 0 Å². The molecule has 0 spiro atoms. The third-order valence-corrected chi connectivity index (χ3v) is 12.7. The molecule has 0 aliphatic carbocycles. The van der Waals surface area contributed by atoms with E-state index in [1.165, 1.54) is 11.1 Å². The first-order valence-electron chi connectivity index (χ1n) is 23.3. The molecule has 6 bridgehead atoms. The van der Waals surface area contributed by atoms with Crippen LogP contribution in [0.4, 0.5) is 21.9 Å². The van der Waals surface area contributed by atoms with Gasteiger partial charge in [0.2, 0.25) is 0 Å². The second-order valence-electron chi connectivity index (χ2n) is 20.1. The third kappa shape index (κ3) is 10.9. The van der Waals surface area contributed by atoms with Crippen molar-refractivity contribution in [2.45, 2.75) is 93.1 Å². The van der Waals surface area contributed by atoms with Crippen LogP contribution in [0.15, 0.2) is 158 Å². The van der Waals surface area contributed by atoms with Crippen LogP contribution in [-0.4, -0.2) is 17.7 Å². The fourth-order valence-corrected chi connectivity index (χ4v) is 8.32. The molecule has 7 nitrogen and oxygen atoms in total. The Hall–Kier alpha value is -7.38. The zero-order chi connectivity index (χ0) is 48.4. The summed E-state index contributed by atoms with van der Waals surface area (Å²) in [7, 11) is 0. The summed E-state index contributed by atoms with van der Waals surface area (Å²) in [5.41, 5.74) is 12.1. The number of aryl methyl sites for hydroxylation is 4. The van der Waals surface area contributed by atoms with Crippen LogP contribution in [0.2, 0.25) is 0 Å². The maximum atomic E-state index is 13.2. The summed E-state index contributed by atoms with van der Waals surface area (Å²) in [5, 5.41) is 0. The first kappa shape index (κ1) is 47.1. The van der Waals surface area contributed by atoms with Gasteiger partial charge in [-0.05, 0) is 197 Å². The summed E-state index contributed by atoms with van der Waals surface area (Å²) in [6.45, 7) is 20.0. The maximum Gasteiger partial charge on any atom is 0.519 e. The molecule has 0 fully saturated rings. The van der Waals surface area contributed by atoms with Crippen molar-refractivity contribution in [3.8, 4) is 23.0 Å². The first-order valence-corrected chi connectivity index (χ1v) is 23.3. The van der Waals surface area contributed by atoms with Crippen LogP contribution >= 0.6 is 0 Å². The molecule has 0 saturated carbocycles. The molecule has 0 radical (unpaired) electrons. The molecule has 0 amide bonds. The Labute approximate surface area is 402 Å². The van der Waals surface area contributed by atoms with Gasteiger partial charge in [0.1, 0.15) is 28.6 Å². The van der Waals surface area contributed by atoms with Crippen molar-refractivity contribution in [1.29, 1.82) is 0 Å². The molecule has 7 heteroatoms. The lowest BCUT2D eigenvalue weighted by molar-refractivity contribution is -0.143. The lowest BCUT2D eigenvalue weighted by Crippen LogP contribution is -2.28. The number of benzene rings is 7. The molecule has 5 aliphatic heterocycles. The fraction of sp³-hybridized carbons (Fsp3) is 0.246. The van der Waals surface area contributed by atoms with Crippen LogP contribution in [0.3, 0.4) is 0 Å². The molecule has 7 aromatic carbocycles. The van der Waals surface area contributed by atoms with Gasteiger partial charge in [-0.2, -0.15) is 0 Å². The van der Waals surface area contributed by atoms with Crippen molar-refractivity contribution in [3.63, 3.8) is 0 Å². The predicted octanol–water partition coefficient (Wildman–Crippen LogP) is 15.6. The molecular formula is C61H61NO6. The van der Waals surface area contributed by atoms with Gasteiger partial charge in [-0.25, -0.2) is 4.79 Å². The van der Waals surface area contributed by atoms with Gasteiger partial charge in [-0.1, -0.05) is 104 Å². The number of carbonyl (C=O) groups excluding carboxylic acids is 2. The average Bonchev–Trinajstić information content (AvgIpc) is 3.30. The van der Waals surface area contributed by atoms with Crippen molar-refractivity contribution in [3.05, 3.63) is 208 Å². The number of rotatable bonds is 7. The van der Waals surface area contributed by atoms with E-state index in [1.54, 1.807) is 18.2 Å². The number of esters is 1. The van der Waals surface area contributed by atoms with Crippen molar-refractivity contribution >= 4 is 40.8 Å². The Kier molecular flexibility index (Phi) is 13.2. The molecule has 0 saturated heterocycles. The third-order valence-electron chi connectivity index (χ3n) is 12.7. The second-order valence-corrected chi connectivity index (χ2v) is 20.1.